The summed E-state index contributed by atoms with van der Waals surface area (Å²) >= 11 is 0. The first-order chi connectivity index (χ1) is 10.8. The molecule has 0 radical (unpaired) electrons. The Balaban J connectivity index is 2.21. The molecule has 0 saturated carbocycles. The topological polar surface area (TPSA) is 64.3 Å². The van der Waals surface area contributed by atoms with Crippen LogP contribution in [-0.4, -0.2) is 27.0 Å². The van der Waals surface area contributed by atoms with E-state index < -0.39 is 17.3 Å². The number of amides is 1. The van der Waals surface area contributed by atoms with Gasteiger partial charge in [0.05, 0.1) is 6.04 Å². The van der Waals surface area contributed by atoms with Crippen molar-refractivity contribution in [1.29, 1.82) is 0 Å². The van der Waals surface area contributed by atoms with E-state index in [1.807, 2.05) is 0 Å². The van der Waals surface area contributed by atoms with E-state index in [9.17, 15) is 18.8 Å². The predicted octanol–water partition coefficient (Wildman–Crippen LogP) is 0.906. The van der Waals surface area contributed by atoms with Gasteiger partial charge in [-0.2, -0.15) is 0 Å². The summed E-state index contributed by atoms with van der Waals surface area (Å²) in [5.41, 5.74) is -0.610. The molecule has 1 atom stereocenters. The molecule has 0 aliphatic carbocycles. The number of likely N-dealkylation sites (N-methyl/N-ethyl adjacent to an activating group) is 1. The van der Waals surface area contributed by atoms with Crippen molar-refractivity contribution in [1.82, 2.24) is 14.0 Å². The van der Waals surface area contributed by atoms with Crippen LogP contribution < -0.4 is 11.2 Å². The first-order valence-electron chi connectivity index (χ1n) is 7.09. The summed E-state index contributed by atoms with van der Waals surface area (Å²) in [6, 6.07) is 6.97. The fourth-order valence-corrected chi connectivity index (χ4v) is 2.23. The molecule has 1 aromatic heterocycles. The number of benzene rings is 1. The molecule has 6 nitrogen and oxygen atoms in total. The molecule has 122 valence electrons. The monoisotopic (exact) mass is 319 g/mol. The van der Waals surface area contributed by atoms with Crippen LogP contribution in [0.15, 0.2) is 46.1 Å². The van der Waals surface area contributed by atoms with Crippen molar-refractivity contribution >= 4 is 5.91 Å². The lowest BCUT2D eigenvalue weighted by Gasteiger charge is -2.26. The summed E-state index contributed by atoms with van der Waals surface area (Å²) in [6.45, 7) is 1.49. The number of hydrogen-bond donors (Lipinski definition) is 0. The van der Waals surface area contributed by atoms with Gasteiger partial charge in [0.25, 0.3) is 5.56 Å². The van der Waals surface area contributed by atoms with Crippen molar-refractivity contribution in [3.05, 3.63) is 68.7 Å². The van der Waals surface area contributed by atoms with E-state index in [-0.39, 0.29) is 18.3 Å². The van der Waals surface area contributed by atoms with Gasteiger partial charge in [0, 0.05) is 31.9 Å². The highest BCUT2D eigenvalue weighted by Crippen LogP contribution is 2.21. The highest BCUT2D eigenvalue weighted by molar-refractivity contribution is 5.76. The second kappa shape index (κ2) is 6.60. The molecule has 1 heterocycles. The molecule has 2 rings (SSSR count). The Bertz CT molecular complexity index is 841. The first-order valence-corrected chi connectivity index (χ1v) is 7.09. The molecule has 0 saturated heterocycles. The van der Waals surface area contributed by atoms with E-state index in [0.29, 0.717) is 5.56 Å². The zero-order valence-corrected chi connectivity index (χ0v) is 13.2. The van der Waals surface area contributed by atoms with Gasteiger partial charge in [-0.05, 0) is 13.0 Å². The first kappa shape index (κ1) is 16.7. The molecule has 1 aromatic carbocycles. The van der Waals surface area contributed by atoms with Crippen LogP contribution in [0.3, 0.4) is 0 Å². The number of nitrogens with zero attached hydrogens (tertiary/aromatic N) is 3. The molecule has 1 amide bonds. The third-order valence-electron chi connectivity index (χ3n) is 3.90. The van der Waals surface area contributed by atoms with Crippen molar-refractivity contribution in [3.8, 4) is 0 Å². The van der Waals surface area contributed by atoms with E-state index in [1.54, 1.807) is 32.2 Å². The highest BCUT2D eigenvalue weighted by atomic mass is 19.1. The van der Waals surface area contributed by atoms with Crippen LogP contribution in [0.4, 0.5) is 4.39 Å². The van der Waals surface area contributed by atoms with Gasteiger partial charge in [-0.25, -0.2) is 9.18 Å². The summed E-state index contributed by atoms with van der Waals surface area (Å²) < 4.78 is 15.9. The lowest BCUT2D eigenvalue weighted by molar-refractivity contribution is -0.132. The Labute approximate surface area is 132 Å². The van der Waals surface area contributed by atoms with E-state index in [4.69, 9.17) is 0 Å². The highest BCUT2D eigenvalue weighted by Gasteiger charge is 2.20. The Morgan fingerprint density at radius 2 is 1.91 bits per heavy atom. The van der Waals surface area contributed by atoms with Crippen molar-refractivity contribution < 1.29 is 9.18 Å². The van der Waals surface area contributed by atoms with E-state index in [2.05, 4.69) is 0 Å². The molecule has 0 unspecified atom stereocenters. The number of hydrogen-bond acceptors (Lipinski definition) is 3. The quantitative estimate of drug-likeness (QED) is 0.841. The van der Waals surface area contributed by atoms with Crippen LogP contribution in [0.1, 0.15) is 18.5 Å². The molecular weight excluding hydrogens is 301 g/mol. The second-order valence-electron chi connectivity index (χ2n) is 5.33. The number of carbonyl (C=O) groups is 1. The van der Waals surface area contributed by atoms with Crippen molar-refractivity contribution in [3.63, 3.8) is 0 Å². The molecule has 0 N–H and O–H groups in total. The largest absolute Gasteiger partial charge is 0.337 e. The fraction of sp³-hybridized carbons (Fsp3) is 0.312. The van der Waals surface area contributed by atoms with E-state index in [0.717, 1.165) is 9.13 Å². The Morgan fingerprint density at radius 3 is 2.57 bits per heavy atom. The van der Waals surface area contributed by atoms with Gasteiger partial charge in [0.15, 0.2) is 0 Å². The summed E-state index contributed by atoms with van der Waals surface area (Å²) in [6.07, 6.45) is 1.28. The van der Waals surface area contributed by atoms with Crippen molar-refractivity contribution in [2.45, 2.75) is 19.5 Å². The minimum Gasteiger partial charge on any atom is -0.337 e. The molecule has 7 heteroatoms. The fourth-order valence-electron chi connectivity index (χ4n) is 2.23. The van der Waals surface area contributed by atoms with E-state index in [1.165, 1.54) is 30.3 Å². The molecule has 0 aliphatic heterocycles. The average molecular weight is 319 g/mol. The molecule has 0 aliphatic rings. The molecule has 0 spiro atoms. The van der Waals surface area contributed by atoms with Gasteiger partial charge in [-0.3, -0.25) is 18.7 Å². The normalized spacial score (nSPS) is 12.0. The van der Waals surface area contributed by atoms with Gasteiger partial charge in [-0.1, -0.05) is 18.2 Å². The number of rotatable bonds is 4. The molecule has 23 heavy (non-hydrogen) atoms. The van der Waals surface area contributed by atoms with Crippen LogP contribution in [0.5, 0.6) is 0 Å². The van der Waals surface area contributed by atoms with Gasteiger partial charge in [0.1, 0.15) is 12.4 Å². The lowest BCUT2D eigenvalue weighted by atomic mass is 10.1. The number of carbonyl (C=O) groups excluding carboxylic acids is 1. The predicted molar refractivity (Wildman–Crippen MR) is 83.5 cm³/mol. The molecule has 0 bridgehead atoms. The van der Waals surface area contributed by atoms with Gasteiger partial charge in [-0.15, -0.1) is 0 Å². The molecule has 0 fully saturated rings. The van der Waals surface area contributed by atoms with Crippen molar-refractivity contribution in [2.75, 3.05) is 7.05 Å². The number of halogens is 1. The zero-order chi connectivity index (χ0) is 17.1. The number of aromatic nitrogens is 2. The summed E-state index contributed by atoms with van der Waals surface area (Å²) in [5.74, 6) is -0.750. The SMILES string of the molecule is C[C@@H](c1ccccc1F)N(C)C(=O)Cn1ccc(=O)n(C)c1=O. The zero-order valence-electron chi connectivity index (χ0n) is 13.2. The molecule has 2 aromatic rings. The summed E-state index contributed by atoms with van der Waals surface area (Å²) in [4.78, 5) is 37.0. The lowest BCUT2D eigenvalue weighted by Crippen LogP contribution is -2.41. The third-order valence-corrected chi connectivity index (χ3v) is 3.90. The van der Waals surface area contributed by atoms with Crippen LogP contribution in [0.25, 0.3) is 0 Å². The van der Waals surface area contributed by atoms with E-state index >= 15 is 0 Å². The Morgan fingerprint density at radius 1 is 1.26 bits per heavy atom. The smallest absolute Gasteiger partial charge is 0.331 e. The summed E-state index contributed by atoms with van der Waals surface area (Å²) in [7, 11) is 2.89. The van der Waals surface area contributed by atoms with Gasteiger partial charge in [0.2, 0.25) is 5.91 Å². The standard InChI is InChI=1S/C16H18FN3O3/c1-11(12-6-4-5-7-13(12)17)18(2)15(22)10-20-9-8-14(21)19(3)16(20)23/h4-9,11H,10H2,1-3H3/t11-/m0/s1. The minimum absolute atomic E-state index is 0.220. The maximum absolute atomic E-state index is 13.8. The maximum atomic E-state index is 13.8. The van der Waals surface area contributed by atoms with Gasteiger partial charge < -0.3 is 4.90 Å². The van der Waals surface area contributed by atoms with Crippen LogP contribution in [0, 0.1) is 5.82 Å². The second-order valence-corrected chi connectivity index (χ2v) is 5.33. The van der Waals surface area contributed by atoms with Crippen LogP contribution in [-0.2, 0) is 18.4 Å². The van der Waals surface area contributed by atoms with Crippen LogP contribution in [0.2, 0.25) is 0 Å². The molecular formula is C16H18FN3O3. The van der Waals surface area contributed by atoms with Gasteiger partial charge >= 0.3 is 5.69 Å². The summed E-state index contributed by atoms with van der Waals surface area (Å²) in [5, 5.41) is 0. The Kier molecular flexibility index (Phi) is 4.78. The Hall–Kier alpha value is -2.70. The maximum Gasteiger partial charge on any atom is 0.331 e. The minimum atomic E-state index is -0.571. The van der Waals surface area contributed by atoms with Crippen molar-refractivity contribution in [2.24, 2.45) is 7.05 Å². The average Bonchev–Trinajstić information content (AvgIpc) is 2.54. The third kappa shape index (κ3) is 3.39. The van der Waals surface area contributed by atoms with Crippen LogP contribution >= 0.6 is 0 Å².